The van der Waals surface area contributed by atoms with Crippen LogP contribution in [0.3, 0.4) is 0 Å². The summed E-state index contributed by atoms with van der Waals surface area (Å²) in [7, 11) is 1.50. The molecular formula is C10H8FN2O. The lowest BCUT2D eigenvalue weighted by Crippen LogP contribution is -1.99. The van der Waals surface area contributed by atoms with E-state index in [1.165, 1.54) is 25.7 Å². The van der Waals surface area contributed by atoms with Crippen LogP contribution in [-0.4, -0.2) is 13.4 Å². The molecule has 0 N–H and O–H groups in total. The number of benzene rings is 1. The minimum atomic E-state index is -0.357. The van der Waals surface area contributed by atoms with Crippen LogP contribution in [0, 0.1) is 5.82 Å². The maximum absolute atomic E-state index is 13.5. The molecule has 1 radical (unpaired) electrons. The van der Waals surface area contributed by atoms with Gasteiger partial charge < -0.3 is 4.74 Å². The van der Waals surface area contributed by atoms with Gasteiger partial charge in [-0.1, -0.05) is 0 Å². The SMILES string of the molecule is COc1ccc(C2=CN=C[N]2)c(F)c1. The molecule has 1 heterocycles. The summed E-state index contributed by atoms with van der Waals surface area (Å²) >= 11 is 0. The zero-order valence-electron chi connectivity index (χ0n) is 7.57. The predicted molar refractivity (Wildman–Crippen MR) is 51.6 cm³/mol. The first-order valence-corrected chi connectivity index (χ1v) is 4.08. The summed E-state index contributed by atoms with van der Waals surface area (Å²) in [4.78, 5) is 3.77. The molecule has 71 valence electrons. The molecule has 1 aromatic rings. The van der Waals surface area contributed by atoms with Crippen LogP contribution in [0.2, 0.25) is 0 Å². The fraction of sp³-hybridized carbons (Fsp3) is 0.100. The van der Waals surface area contributed by atoms with E-state index >= 15 is 0 Å². The molecule has 3 nitrogen and oxygen atoms in total. The summed E-state index contributed by atoms with van der Waals surface area (Å²) in [6, 6.07) is 4.63. The average molecular weight is 191 g/mol. The largest absolute Gasteiger partial charge is 0.497 e. The fourth-order valence-electron chi connectivity index (χ4n) is 1.20. The highest BCUT2D eigenvalue weighted by Crippen LogP contribution is 2.22. The van der Waals surface area contributed by atoms with Crippen LogP contribution in [0.25, 0.3) is 5.70 Å². The van der Waals surface area contributed by atoms with Crippen molar-refractivity contribution in [2.75, 3.05) is 7.11 Å². The molecule has 0 atom stereocenters. The molecule has 0 fully saturated rings. The number of nitrogens with zero attached hydrogens (tertiary/aromatic N) is 2. The number of methoxy groups -OCH3 is 1. The third-order valence-corrected chi connectivity index (χ3v) is 1.91. The number of hydrogen-bond acceptors (Lipinski definition) is 2. The van der Waals surface area contributed by atoms with Gasteiger partial charge in [0.2, 0.25) is 0 Å². The van der Waals surface area contributed by atoms with Gasteiger partial charge in [0.25, 0.3) is 0 Å². The molecule has 0 saturated heterocycles. The molecule has 2 rings (SSSR count). The molecule has 0 saturated carbocycles. The van der Waals surface area contributed by atoms with Crippen molar-refractivity contribution in [2.45, 2.75) is 0 Å². The molecule has 1 aromatic carbocycles. The van der Waals surface area contributed by atoms with Crippen molar-refractivity contribution >= 4 is 12.0 Å². The molecule has 4 heteroatoms. The van der Waals surface area contributed by atoms with Crippen LogP contribution in [0.15, 0.2) is 29.4 Å². The number of halogens is 1. The van der Waals surface area contributed by atoms with Crippen molar-refractivity contribution in [3.05, 3.63) is 35.8 Å². The summed E-state index contributed by atoms with van der Waals surface area (Å²) in [5, 5.41) is 3.91. The summed E-state index contributed by atoms with van der Waals surface area (Å²) in [6.07, 6.45) is 2.91. The molecule has 0 amide bonds. The number of ether oxygens (including phenoxy) is 1. The number of hydrogen-bond donors (Lipinski definition) is 0. The zero-order valence-corrected chi connectivity index (χ0v) is 7.57. The summed E-state index contributed by atoms with van der Waals surface area (Å²) < 4.78 is 18.3. The van der Waals surface area contributed by atoms with Crippen LogP contribution >= 0.6 is 0 Å². The van der Waals surface area contributed by atoms with E-state index in [1.54, 1.807) is 12.1 Å². The van der Waals surface area contributed by atoms with Gasteiger partial charge >= 0.3 is 0 Å². The quantitative estimate of drug-likeness (QED) is 0.701. The summed E-state index contributed by atoms with van der Waals surface area (Å²) in [5.41, 5.74) is 0.966. The van der Waals surface area contributed by atoms with Gasteiger partial charge in [-0.2, -0.15) is 0 Å². The van der Waals surface area contributed by atoms with Crippen molar-refractivity contribution in [1.82, 2.24) is 5.32 Å². The fourth-order valence-corrected chi connectivity index (χ4v) is 1.20. The molecule has 0 spiro atoms. The molecule has 0 unspecified atom stereocenters. The first-order chi connectivity index (χ1) is 6.81. The van der Waals surface area contributed by atoms with Crippen molar-refractivity contribution in [3.8, 4) is 5.75 Å². The van der Waals surface area contributed by atoms with E-state index in [0.717, 1.165) is 0 Å². The van der Waals surface area contributed by atoms with Crippen LogP contribution < -0.4 is 10.1 Å². The minimum Gasteiger partial charge on any atom is -0.497 e. The Balaban J connectivity index is 2.35. The van der Waals surface area contributed by atoms with E-state index in [2.05, 4.69) is 10.3 Å². The lowest BCUT2D eigenvalue weighted by atomic mass is 10.1. The maximum Gasteiger partial charge on any atom is 0.136 e. The van der Waals surface area contributed by atoms with Crippen LogP contribution in [0.5, 0.6) is 5.75 Å². The Morgan fingerprint density at radius 1 is 1.36 bits per heavy atom. The zero-order chi connectivity index (χ0) is 9.97. The van der Waals surface area contributed by atoms with Gasteiger partial charge in [0.05, 0.1) is 19.0 Å². The smallest absolute Gasteiger partial charge is 0.136 e. The average Bonchev–Trinajstić information content (AvgIpc) is 2.70. The Kier molecular flexibility index (Phi) is 2.18. The highest BCUT2D eigenvalue weighted by Gasteiger charge is 2.11. The minimum absolute atomic E-state index is 0.357. The van der Waals surface area contributed by atoms with E-state index in [4.69, 9.17) is 4.74 Å². The van der Waals surface area contributed by atoms with Gasteiger partial charge in [0, 0.05) is 11.6 Å². The first kappa shape index (κ1) is 8.74. The molecule has 14 heavy (non-hydrogen) atoms. The topological polar surface area (TPSA) is 35.7 Å². The number of rotatable bonds is 2. The summed E-state index contributed by atoms with van der Waals surface area (Å²) in [5.74, 6) is 0.135. The molecule has 0 aliphatic carbocycles. The normalized spacial score (nSPS) is 13.7. The first-order valence-electron chi connectivity index (χ1n) is 4.08. The van der Waals surface area contributed by atoms with E-state index in [0.29, 0.717) is 17.0 Å². The second-order valence-corrected chi connectivity index (χ2v) is 2.75. The second kappa shape index (κ2) is 3.49. The maximum atomic E-state index is 13.5. The van der Waals surface area contributed by atoms with Crippen LogP contribution in [0.1, 0.15) is 5.56 Å². The van der Waals surface area contributed by atoms with Gasteiger partial charge in [0.1, 0.15) is 17.9 Å². The Bertz CT molecular complexity index is 413. The van der Waals surface area contributed by atoms with Gasteiger partial charge in [-0.25, -0.2) is 14.7 Å². The Hall–Kier alpha value is -1.84. The molecule has 1 aliphatic heterocycles. The molecule has 0 bridgehead atoms. The van der Waals surface area contributed by atoms with Crippen LogP contribution in [0.4, 0.5) is 4.39 Å². The highest BCUT2D eigenvalue weighted by molar-refractivity contribution is 5.80. The summed E-state index contributed by atoms with van der Waals surface area (Å²) in [6.45, 7) is 0. The van der Waals surface area contributed by atoms with Crippen LogP contribution in [-0.2, 0) is 0 Å². The molecule has 1 aliphatic rings. The monoisotopic (exact) mass is 191 g/mol. The Morgan fingerprint density at radius 2 is 2.21 bits per heavy atom. The predicted octanol–water partition coefficient (Wildman–Crippen LogP) is 1.78. The molecular weight excluding hydrogens is 183 g/mol. The second-order valence-electron chi connectivity index (χ2n) is 2.75. The Labute approximate surface area is 80.9 Å². The van der Waals surface area contributed by atoms with E-state index in [-0.39, 0.29) is 5.82 Å². The van der Waals surface area contributed by atoms with Crippen molar-refractivity contribution < 1.29 is 9.13 Å². The van der Waals surface area contributed by atoms with Gasteiger partial charge in [-0.05, 0) is 12.1 Å². The van der Waals surface area contributed by atoms with E-state index in [9.17, 15) is 4.39 Å². The van der Waals surface area contributed by atoms with Gasteiger partial charge in [-0.3, -0.25) is 0 Å². The third kappa shape index (κ3) is 1.46. The lowest BCUT2D eigenvalue weighted by molar-refractivity contribution is 0.411. The van der Waals surface area contributed by atoms with E-state index < -0.39 is 0 Å². The van der Waals surface area contributed by atoms with Gasteiger partial charge in [0.15, 0.2) is 0 Å². The van der Waals surface area contributed by atoms with Crippen molar-refractivity contribution in [2.24, 2.45) is 4.99 Å². The Morgan fingerprint density at radius 3 is 2.79 bits per heavy atom. The highest BCUT2D eigenvalue weighted by atomic mass is 19.1. The molecule has 0 aromatic heterocycles. The van der Waals surface area contributed by atoms with Crippen molar-refractivity contribution in [1.29, 1.82) is 0 Å². The third-order valence-electron chi connectivity index (χ3n) is 1.91. The van der Waals surface area contributed by atoms with Crippen molar-refractivity contribution in [3.63, 3.8) is 0 Å². The van der Waals surface area contributed by atoms with E-state index in [1.807, 2.05) is 0 Å². The van der Waals surface area contributed by atoms with Gasteiger partial charge in [-0.15, -0.1) is 0 Å². The number of aliphatic imine (C=N–C) groups is 1. The lowest BCUT2D eigenvalue weighted by Gasteiger charge is -2.04. The standard InChI is InChI=1S/C10H8FN2O/c1-14-7-2-3-8(9(11)4-7)10-5-12-6-13-10/h2-6H,1H3.